The maximum atomic E-state index is 8.53. The molecule has 0 aliphatic carbocycles. The Morgan fingerprint density at radius 1 is 1.05 bits per heavy atom. The van der Waals surface area contributed by atoms with Crippen molar-refractivity contribution in [3.05, 3.63) is 70.8 Å². The molecule has 2 aromatic rings. The summed E-state index contributed by atoms with van der Waals surface area (Å²) >= 11 is 0. The Kier molecular flexibility index (Phi) is 4.73. The largest absolute Gasteiger partial charge is 0.300 e. The van der Waals surface area contributed by atoms with E-state index in [2.05, 4.69) is 39.0 Å². The van der Waals surface area contributed by atoms with Crippen molar-refractivity contribution in [2.45, 2.75) is 39.5 Å². The molecule has 0 bridgehead atoms. The van der Waals surface area contributed by atoms with E-state index in [0.29, 0.717) is 11.6 Å². The maximum Gasteiger partial charge on any atom is 0.0687 e. The van der Waals surface area contributed by atoms with E-state index in [4.69, 9.17) is 5.41 Å². The maximum absolute atomic E-state index is 8.53. The second kappa shape index (κ2) is 6.51. The molecule has 0 heterocycles. The van der Waals surface area contributed by atoms with E-state index >= 15 is 0 Å². The minimum atomic E-state index is 0.494. The molecule has 0 saturated heterocycles. The molecule has 0 aliphatic heterocycles. The Morgan fingerprint density at radius 3 is 2.35 bits per heavy atom. The predicted octanol–water partition coefficient (Wildman–Crippen LogP) is 5.18. The molecule has 1 heteroatoms. The second-order valence-corrected chi connectivity index (χ2v) is 5.56. The van der Waals surface area contributed by atoms with Crippen molar-refractivity contribution in [3.8, 4) is 0 Å². The zero-order valence-electron chi connectivity index (χ0n) is 12.6. The topological polar surface area (TPSA) is 23.9 Å². The van der Waals surface area contributed by atoms with E-state index in [1.807, 2.05) is 30.3 Å². The third-order valence-corrected chi connectivity index (χ3v) is 3.65. The molecule has 0 radical (unpaired) electrons. The van der Waals surface area contributed by atoms with Crippen LogP contribution in [0.3, 0.4) is 0 Å². The van der Waals surface area contributed by atoms with Gasteiger partial charge < -0.3 is 0 Å². The summed E-state index contributed by atoms with van der Waals surface area (Å²) in [6, 6.07) is 16.6. The van der Waals surface area contributed by atoms with Gasteiger partial charge in [0.1, 0.15) is 0 Å². The highest BCUT2D eigenvalue weighted by atomic mass is 14.4. The first-order valence-corrected chi connectivity index (χ1v) is 7.40. The van der Waals surface area contributed by atoms with Crippen molar-refractivity contribution < 1.29 is 0 Å². The van der Waals surface area contributed by atoms with Crippen molar-refractivity contribution in [2.75, 3.05) is 0 Å². The van der Waals surface area contributed by atoms with Crippen LogP contribution >= 0.6 is 0 Å². The fourth-order valence-electron chi connectivity index (χ4n) is 2.43. The molecule has 0 atom stereocenters. The Labute approximate surface area is 122 Å². The first kappa shape index (κ1) is 14.5. The number of nitrogens with one attached hydrogen (secondary N) is 1. The summed E-state index contributed by atoms with van der Waals surface area (Å²) in [6.07, 6.45) is 2.14. The van der Waals surface area contributed by atoms with E-state index in [9.17, 15) is 0 Å². The van der Waals surface area contributed by atoms with Crippen LogP contribution in [-0.2, 0) is 6.42 Å². The highest BCUT2D eigenvalue weighted by Gasteiger charge is 2.11. The first-order chi connectivity index (χ1) is 9.63. The lowest BCUT2D eigenvalue weighted by molar-refractivity contribution is 0.859. The molecule has 20 heavy (non-hydrogen) atoms. The number of hydrogen-bond donors (Lipinski definition) is 1. The number of aryl methyl sites for hydroxylation is 1. The van der Waals surface area contributed by atoms with Crippen LogP contribution in [0, 0.1) is 5.41 Å². The molecule has 2 rings (SSSR count). The van der Waals surface area contributed by atoms with Gasteiger partial charge in [0.05, 0.1) is 5.71 Å². The van der Waals surface area contributed by atoms with Gasteiger partial charge in [-0.15, -0.1) is 0 Å². The van der Waals surface area contributed by atoms with E-state index in [1.165, 1.54) is 11.1 Å². The summed E-state index contributed by atoms with van der Waals surface area (Å²) in [6.45, 7) is 6.59. The average Bonchev–Trinajstić information content (AvgIpc) is 2.48. The molecule has 104 valence electrons. The quantitative estimate of drug-likeness (QED) is 0.720. The summed E-state index contributed by atoms with van der Waals surface area (Å²) in [4.78, 5) is 0. The van der Waals surface area contributed by atoms with Crippen molar-refractivity contribution in [2.24, 2.45) is 0 Å². The van der Waals surface area contributed by atoms with E-state index in [0.717, 1.165) is 24.0 Å². The van der Waals surface area contributed by atoms with Crippen LogP contribution in [0.25, 0.3) is 0 Å². The third kappa shape index (κ3) is 3.16. The molecule has 0 saturated carbocycles. The number of benzene rings is 2. The third-order valence-electron chi connectivity index (χ3n) is 3.65. The minimum Gasteiger partial charge on any atom is -0.300 e. The molecule has 0 fully saturated rings. The number of hydrogen-bond acceptors (Lipinski definition) is 1. The van der Waals surface area contributed by atoms with Gasteiger partial charge >= 0.3 is 0 Å². The van der Waals surface area contributed by atoms with E-state index in [-0.39, 0.29) is 0 Å². The summed E-state index contributed by atoms with van der Waals surface area (Å²) < 4.78 is 0. The van der Waals surface area contributed by atoms with Gasteiger partial charge in [-0.1, -0.05) is 69.7 Å². The van der Waals surface area contributed by atoms with Gasteiger partial charge in [0, 0.05) is 11.1 Å². The summed E-state index contributed by atoms with van der Waals surface area (Å²) in [5.74, 6) is 0.494. The van der Waals surface area contributed by atoms with Gasteiger partial charge in [0.25, 0.3) is 0 Å². The predicted molar refractivity (Wildman–Crippen MR) is 86.9 cm³/mol. The summed E-state index contributed by atoms with van der Waals surface area (Å²) in [5, 5.41) is 8.53. The van der Waals surface area contributed by atoms with Gasteiger partial charge in [-0.05, 0) is 29.5 Å². The minimum absolute atomic E-state index is 0.494. The van der Waals surface area contributed by atoms with Crippen LogP contribution in [0.2, 0.25) is 0 Å². The van der Waals surface area contributed by atoms with Crippen LogP contribution in [0.5, 0.6) is 0 Å². The lowest BCUT2D eigenvalue weighted by Gasteiger charge is -2.14. The van der Waals surface area contributed by atoms with Crippen molar-refractivity contribution in [1.82, 2.24) is 0 Å². The van der Waals surface area contributed by atoms with E-state index < -0.39 is 0 Å². The molecular weight excluding hydrogens is 242 g/mol. The normalized spacial score (nSPS) is 10.8. The molecule has 1 N–H and O–H groups in total. The standard InChI is InChI=1S/C19H23N/c1-4-8-15-11-12-17(14(2)3)13-18(15)19(20)16-9-6-5-7-10-16/h5-7,9-14,20H,4,8H2,1-3H3. The van der Waals surface area contributed by atoms with Crippen LogP contribution in [0.1, 0.15) is 55.4 Å². The Balaban J connectivity index is 2.47. The lowest BCUT2D eigenvalue weighted by atomic mass is 9.91. The average molecular weight is 265 g/mol. The van der Waals surface area contributed by atoms with Crippen molar-refractivity contribution >= 4 is 5.71 Å². The summed E-state index contributed by atoms with van der Waals surface area (Å²) in [5.41, 5.74) is 5.30. The molecular formula is C19H23N. The fourth-order valence-corrected chi connectivity index (χ4v) is 2.43. The fraction of sp³-hybridized carbons (Fsp3) is 0.316. The molecule has 0 spiro atoms. The molecule has 1 nitrogen and oxygen atoms in total. The van der Waals surface area contributed by atoms with Crippen LogP contribution in [-0.4, -0.2) is 5.71 Å². The lowest BCUT2D eigenvalue weighted by Crippen LogP contribution is -2.07. The molecule has 0 amide bonds. The van der Waals surface area contributed by atoms with Crippen LogP contribution < -0.4 is 0 Å². The molecule has 0 unspecified atom stereocenters. The number of rotatable bonds is 5. The molecule has 0 aromatic heterocycles. The van der Waals surface area contributed by atoms with Crippen molar-refractivity contribution in [1.29, 1.82) is 5.41 Å². The Morgan fingerprint density at radius 2 is 1.75 bits per heavy atom. The van der Waals surface area contributed by atoms with Gasteiger partial charge in [-0.2, -0.15) is 0 Å². The molecule has 0 aliphatic rings. The van der Waals surface area contributed by atoms with Gasteiger partial charge in [0.15, 0.2) is 0 Å². The smallest absolute Gasteiger partial charge is 0.0687 e. The highest BCUT2D eigenvalue weighted by Crippen LogP contribution is 2.22. The molecule has 2 aromatic carbocycles. The zero-order valence-corrected chi connectivity index (χ0v) is 12.6. The summed E-state index contributed by atoms with van der Waals surface area (Å²) in [7, 11) is 0. The SMILES string of the molecule is CCCc1ccc(C(C)C)cc1C(=N)c1ccccc1. The van der Waals surface area contributed by atoms with Gasteiger partial charge in [-0.3, -0.25) is 5.41 Å². The Bertz CT molecular complexity index is 582. The van der Waals surface area contributed by atoms with Gasteiger partial charge in [-0.25, -0.2) is 0 Å². The van der Waals surface area contributed by atoms with Crippen LogP contribution in [0.4, 0.5) is 0 Å². The Hall–Kier alpha value is -1.89. The van der Waals surface area contributed by atoms with Crippen LogP contribution in [0.15, 0.2) is 48.5 Å². The zero-order chi connectivity index (χ0) is 14.5. The monoisotopic (exact) mass is 265 g/mol. The van der Waals surface area contributed by atoms with Gasteiger partial charge in [0.2, 0.25) is 0 Å². The second-order valence-electron chi connectivity index (χ2n) is 5.56. The highest BCUT2D eigenvalue weighted by molar-refractivity contribution is 6.11. The van der Waals surface area contributed by atoms with Crippen molar-refractivity contribution in [3.63, 3.8) is 0 Å². The first-order valence-electron chi connectivity index (χ1n) is 7.40. The van der Waals surface area contributed by atoms with E-state index in [1.54, 1.807) is 0 Å².